The summed E-state index contributed by atoms with van der Waals surface area (Å²) in [6.07, 6.45) is -0.264. The normalized spacial score (nSPS) is 13.7. The third kappa shape index (κ3) is 9.29. The fourth-order valence-electron chi connectivity index (χ4n) is 4.14. The molecule has 0 spiro atoms. The third-order valence-electron chi connectivity index (χ3n) is 5.76. The van der Waals surface area contributed by atoms with Gasteiger partial charge in [-0.25, -0.2) is 4.79 Å². The molecular formula is C30H38O8. The van der Waals surface area contributed by atoms with Gasteiger partial charge in [0.1, 0.15) is 42.5 Å². The maximum atomic E-state index is 11.1. The third-order valence-corrected chi connectivity index (χ3v) is 5.76. The van der Waals surface area contributed by atoms with Crippen molar-refractivity contribution in [1.29, 1.82) is 0 Å². The summed E-state index contributed by atoms with van der Waals surface area (Å²) in [5.41, 5.74) is 0.455. The molecule has 8 heteroatoms. The van der Waals surface area contributed by atoms with Crippen LogP contribution in [0.15, 0.2) is 71.7 Å². The number of carbonyl (C=O) groups is 1. The number of hydrogen-bond donors (Lipinski definition) is 2. The van der Waals surface area contributed by atoms with Crippen molar-refractivity contribution in [3.8, 4) is 17.1 Å². The summed E-state index contributed by atoms with van der Waals surface area (Å²) in [5.74, 6) is 0.779. The van der Waals surface area contributed by atoms with Crippen molar-refractivity contribution in [2.45, 2.75) is 57.5 Å². The first-order chi connectivity index (χ1) is 18.0. The molecule has 1 heterocycles. The number of benzene rings is 2. The Morgan fingerprint density at radius 2 is 1.55 bits per heavy atom. The van der Waals surface area contributed by atoms with Gasteiger partial charge in [0.2, 0.25) is 0 Å². The number of fused-ring (bicyclic) bond motifs is 1. The zero-order chi connectivity index (χ0) is 27.8. The van der Waals surface area contributed by atoms with Crippen molar-refractivity contribution in [3.63, 3.8) is 0 Å². The number of carbonyl (C=O) groups excluding carboxylic acids is 1. The first-order valence-electron chi connectivity index (χ1n) is 12.6. The van der Waals surface area contributed by atoms with E-state index < -0.39 is 29.4 Å². The molecule has 0 fully saturated rings. The van der Waals surface area contributed by atoms with Gasteiger partial charge in [-0.1, -0.05) is 36.9 Å². The first-order valence-corrected chi connectivity index (χ1v) is 12.6. The predicted octanol–water partition coefficient (Wildman–Crippen LogP) is 4.91. The Morgan fingerprint density at radius 3 is 2.18 bits per heavy atom. The van der Waals surface area contributed by atoms with Crippen molar-refractivity contribution in [1.82, 2.24) is 0 Å². The SMILES string of the molecule is C=CC(=O)OCC(O)COC(C)(C)CC(C)(C)OCC(O)COc1ccc2cc(-c3ccccc3)oc2c1. The highest BCUT2D eigenvalue weighted by Gasteiger charge is 2.31. The van der Waals surface area contributed by atoms with E-state index >= 15 is 0 Å². The minimum absolute atomic E-state index is 0.00315. The number of aliphatic hydroxyl groups is 2. The molecule has 0 aliphatic rings. The van der Waals surface area contributed by atoms with Crippen LogP contribution in [0.3, 0.4) is 0 Å². The molecule has 0 saturated heterocycles. The van der Waals surface area contributed by atoms with Gasteiger partial charge in [0, 0.05) is 29.5 Å². The topological polar surface area (TPSA) is 108 Å². The van der Waals surface area contributed by atoms with Crippen molar-refractivity contribution < 1.29 is 38.4 Å². The van der Waals surface area contributed by atoms with Crippen molar-refractivity contribution in [2.75, 3.05) is 26.4 Å². The Kier molecular flexibility index (Phi) is 10.1. The summed E-state index contributed by atoms with van der Waals surface area (Å²) < 4.78 is 28.4. The quantitative estimate of drug-likeness (QED) is 0.213. The number of rotatable bonds is 15. The van der Waals surface area contributed by atoms with Gasteiger partial charge in [0.25, 0.3) is 0 Å². The number of hydrogen-bond acceptors (Lipinski definition) is 8. The molecule has 0 aliphatic heterocycles. The molecule has 2 N–H and O–H groups in total. The molecule has 3 rings (SSSR count). The molecule has 2 atom stereocenters. The minimum atomic E-state index is -0.952. The van der Waals surface area contributed by atoms with Crippen LogP contribution in [0.1, 0.15) is 34.1 Å². The highest BCUT2D eigenvalue weighted by molar-refractivity contribution is 5.84. The molecule has 2 unspecified atom stereocenters. The lowest BCUT2D eigenvalue weighted by atomic mass is 9.92. The van der Waals surface area contributed by atoms with Gasteiger partial charge in [-0.2, -0.15) is 0 Å². The fraction of sp³-hybridized carbons (Fsp3) is 0.433. The molecule has 0 radical (unpaired) electrons. The average Bonchev–Trinajstić information content (AvgIpc) is 3.32. The van der Waals surface area contributed by atoms with Crippen LogP contribution in [0, 0.1) is 0 Å². The second kappa shape index (κ2) is 13.1. The monoisotopic (exact) mass is 526 g/mol. The first kappa shape index (κ1) is 29.4. The van der Waals surface area contributed by atoms with E-state index in [9.17, 15) is 15.0 Å². The van der Waals surface area contributed by atoms with Crippen molar-refractivity contribution in [3.05, 3.63) is 67.3 Å². The predicted molar refractivity (Wildman–Crippen MR) is 145 cm³/mol. The number of furan rings is 1. The van der Waals surface area contributed by atoms with Gasteiger partial charge in [0.05, 0.1) is 24.4 Å². The molecule has 206 valence electrons. The van der Waals surface area contributed by atoms with Crippen LogP contribution in [0.5, 0.6) is 5.75 Å². The van der Waals surface area contributed by atoms with Crippen LogP contribution in [0.2, 0.25) is 0 Å². The maximum absolute atomic E-state index is 11.1. The zero-order valence-electron chi connectivity index (χ0n) is 22.5. The summed E-state index contributed by atoms with van der Waals surface area (Å²) in [6, 6.07) is 17.4. The summed E-state index contributed by atoms with van der Waals surface area (Å²) in [7, 11) is 0. The Bertz CT molecular complexity index is 1180. The Labute approximate surface area is 223 Å². The summed E-state index contributed by atoms with van der Waals surface area (Å²) in [6.45, 7) is 10.8. The van der Waals surface area contributed by atoms with Crippen LogP contribution in [0.25, 0.3) is 22.3 Å². The lowest BCUT2D eigenvalue weighted by molar-refractivity contribution is -0.147. The lowest BCUT2D eigenvalue weighted by Crippen LogP contribution is -2.41. The van der Waals surface area contributed by atoms with E-state index in [0.29, 0.717) is 17.8 Å². The summed E-state index contributed by atoms with van der Waals surface area (Å²) in [5, 5.41) is 21.4. The van der Waals surface area contributed by atoms with Gasteiger partial charge >= 0.3 is 5.97 Å². The Hall–Kier alpha value is -3.17. The van der Waals surface area contributed by atoms with Crippen molar-refractivity contribution in [2.24, 2.45) is 0 Å². The van der Waals surface area contributed by atoms with E-state index in [4.69, 9.17) is 23.4 Å². The smallest absolute Gasteiger partial charge is 0.330 e. The van der Waals surface area contributed by atoms with Gasteiger partial charge < -0.3 is 33.6 Å². The van der Waals surface area contributed by atoms with E-state index in [1.807, 2.05) is 82.3 Å². The average molecular weight is 527 g/mol. The minimum Gasteiger partial charge on any atom is -0.491 e. The van der Waals surface area contributed by atoms with Crippen LogP contribution >= 0.6 is 0 Å². The van der Waals surface area contributed by atoms with Crippen LogP contribution in [-0.2, 0) is 19.0 Å². The Morgan fingerprint density at radius 1 is 0.921 bits per heavy atom. The maximum Gasteiger partial charge on any atom is 0.330 e. The second-order valence-corrected chi connectivity index (χ2v) is 10.4. The molecule has 0 bridgehead atoms. The molecule has 3 aromatic rings. The molecule has 38 heavy (non-hydrogen) atoms. The molecule has 8 nitrogen and oxygen atoms in total. The second-order valence-electron chi connectivity index (χ2n) is 10.4. The van der Waals surface area contributed by atoms with E-state index in [1.54, 1.807) is 0 Å². The van der Waals surface area contributed by atoms with Crippen LogP contribution in [-0.4, -0.2) is 66.0 Å². The van der Waals surface area contributed by atoms with Gasteiger partial charge in [-0.3, -0.25) is 0 Å². The number of esters is 1. The van der Waals surface area contributed by atoms with E-state index in [0.717, 1.165) is 22.8 Å². The lowest BCUT2D eigenvalue weighted by Gasteiger charge is -2.36. The standard InChI is InChI=1S/C30H38O8/c1-6-28(33)35-17-24(32)19-37-30(4,5)20-29(2,3)36-18-23(31)16-34-25-13-12-22-14-26(38-27(22)15-25)21-10-8-7-9-11-21/h6-15,23-24,31-32H,1,16-20H2,2-5H3. The molecule has 2 aromatic carbocycles. The van der Waals surface area contributed by atoms with Gasteiger partial charge in [-0.05, 0) is 45.9 Å². The van der Waals surface area contributed by atoms with Crippen molar-refractivity contribution >= 4 is 16.9 Å². The molecular weight excluding hydrogens is 488 g/mol. The summed E-state index contributed by atoms with van der Waals surface area (Å²) >= 11 is 0. The zero-order valence-corrected chi connectivity index (χ0v) is 22.5. The number of aliphatic hydroxyl groups excluding tert-OH is 2. The van der Waals surface area contributed by atoms with Gasteiger partial charge in [0.15, 0.2) is 0 Å². The molecule has 0 amide bonds. The summed E-state index contributed by atoms with van der Waals surface area (Å²) in [4.78, 5) is 11.1. The number of ether oxygens (including phenoxy) is 4. The molecule has 0 saturated carbocycles. The van der Waals surface area contributed by atoms with Gasteiger partial charge in [-0.15, -0.1) is 0 Å². The van der Waals surface area contributed by atoms with E-state index in [2.05, 4.69) is 6.58 Å². The largest absolute Gasteiger partial charge is 0.491 e. The van der Waals surface area contributed by atoms with E-state index in [1.165, 1.54) is 0 Å². The Balaban J connectivity index is 1.43. The highest BCUT2D eigenvalue weighted by atomic mass is 16.6. The molecule has 0 aliphatic carbocycles. The molecule has 1 aromatic heterocycles. The fourth-order valence-corrected chi connectivity index (χ4v) is 4.14. The van der Waals surface area contributed by atoms with Crippen LogP contribution in [0.4, 0.5) is 0 Å². The highest BCUT2D eigenvalue weighted by Crippen LogP contribution is 2.30. The van der Waals surface area contributed by atoms with Crippen LogP contribution < -0.4 is 4.74 Å². The van der Waals surface area contributed by atoms with E-state index in [-0.39, 0.29) is 26.4 Å².